The minimum absolute atomic E-state index is 0.132. The maximum atomic E-state index is 12.8. The van der Waals surface area contributed by atoms with Gasteiger partial charge in [0, 0.05) is 11.1 Å². The Morgan fingerprint density at radius 2 is 1.72 bits per heavy atom. The Balaban J connectivity index is 1.57. The second kappa shape index (κ2) is 8.69. The second-order valence-corrected chi connectivity index (χ2v) is 7.50. The summed E-state index contributed by atoms with van der Waals surface area (Å²) in [4.78, 5) is 36.8. The van der Waals surface area contributed by atoms with E-state index in [2.05, 4.69) is 4.74 Å². The van der Waals surface area contributed by atoms with Crippen molar-refractivity contribution in [1.29, 1.82) is 0 Å². The van der Waals surface area contributed by atoms with Crippen LogP contribution in [0.1, 0.15) is 42.2 Å². The highest BCUT2D eigenvalue weighted by Gasteiger charge is 2.30. The van der Waals surface area contributed by atoms with E-state index in [0.717, 1.165) is 0 Å². The van der Waals surface area contributed by atoms with Crippen LogP contribution in [0, 0.1) is 6.92 Å². The van der Waals surface area contributed by atoms with Gasteiger partial charge in [0.1, 0.15) is 11.5 Å². The van der Waals surface area contributed by atoms with Gasteiger partial charge in [-0.1, -0.05) is 29.8 Å². The fraction of sp³-hybridized carbons (Fsp3) is 0.0800. The third-order valence-electron chi connectivity index (χ3n) is 4.84. The summed E-state index contributed by atoms with van der Waals surface area (Å²) in [6.07, 6.45) is 1.58. The third-order valence-corrected chi connectivity index (χ3v) is 5.08. The van der Waals surface area contributed by atoms with Crippen LogP contribution in [0.2, 0.25) is 5.02 Å². The van der Waals surface area contributed by atoms with Crippen LogP contribution in [-0.2, 0) is 4.74 Å². The van der Waals surface area contributed by atoms with Crippen LogP contribution >= 0.6 is 11.6 Å². The minimum Gasteiger partial charge on any atom is -0.465 e. The van der Waals surface area contributed by atoms with Crippen LogP contribution in [0.25, 0.3) is 6.08 Å². The molecule has 0 unspecified atom stereocenters. The molecule has 6 nitrogen and oxygen atoms in total. The molecule has 4 rings (SSSR count). The standard InChI is InChI=1S/C25H17ClO6/c1-14-10-19(31-25(29)17-4-3-5-18(26)12-17)13-20-22(14)23(27)21(32-20)11-15-6-8-16(9-7-15)24(28)30-2/h3-13H,1-2H3/b21-11-. The summed E-state index contributed by atoms with van der Waals surface area (Å²) in [7, 11) is 1.31. The summed E-state index contributed by atoms with van der Waals surface area (Å²) >= 11 is 5.93. The van der Waals surface area contributed by atoms with Crippen molar-refractivity contribution in [3.63, 3.8) is 0 Å². The first-order valence-electron chi connectivity index (χ1n) is 9.61. The molecule has 160 valence electrons. The third kappa shape index (κ3) is 4.26. The van der Waals surface area contributed by atoms with Gasteiger partial charge in [-0.3, -0.25) is 4.79 Å². The van der Waals surface area contributed by atoms with E-state index in [9.17, 15) is 14.4 Å². The van der Waals surface area contributed by atoms with Gasteiger partial charge in [0.05, 0.1) is 23.8 Å². The van der Waals surface area contributed by atoms with Crippen molar-refractivity contribution in [3.05, 3.63) is 99.3 Å². The van der Waals surface area contributed by atoms with Gasteiger partial charge < -0.3 is 14.2 Å². The van der Waals surface area contributed by atoms with Crippen LogP contribution in [0.15, 0.2) is 66.4 Å². The topological polar surface area (TPSA) is 78.9 Å². The molecule has 0 N–H and O–H groups in total. The number of aryl methyl sites for hydroxylation is 1. The lowest BCUT2D eigenvalue weighted by Gasteiger charge is -2.08. The number of carbonyl (C=O) groups is 3. The summed E-state index contributed by atoms with van der Waals surface area (Å²) in [5.74, 6) is -0.601. The first-order valence-corrected chi connectivity index (χ1v) is 9.98. The van der Waals surface area contributed by atoms with Gasteiger partial charge in [0.25, 0.3) is 0 Å². The number of ether oxygens (including phenoxy) is 3. The lowest BCUT2D eigenvalue weighted by Crippen LogP contribution is -2.08. The van der Waals surface area contributed by atoms with Crippen molar-refractivity contribution in [2.75, 3.05) is 7.11 Å². The number of ketones is 1. The molecule has 1 aliphatic heterocycles. The zero-order valence-corrected chi connectivity index (χ0v) is 17.9. The molecular formula is C25H17ClO6. The zero-order valence-electron chi connectivity index (χ0n) is 17.2. The normalized spacial score (nSPS) is 13.5. The highest BCUT2D eigenvalue weighted by Crippen LogP contribution is 2.37. The van der Waals surface area contributed by atoms with Gasteiger partial charge in [-0.25, -0.2) is 9.59 Å². The van der Waals surface area contributed by atoms with Gasteiger partial charge in [0.2, 0.25) is 5.78 Å². The Labute approximate surface area is 189 Å². The number of esters is 2. The molecule has 0 amide bonds. The molecule has 0 saturated heterocycles. The number of benzene rings is 3. The number of halogens is 1. The lowest BCUT2D eigenvalue weighted by molar-refractivity contribution is 0.0600. The molecule has 0 aromatic heterocycles. The number of hydrogen-bond donors (Lipinski definition) is 0. The maximum Gasteiger partial charge on any atom is 0.343 e. The molecule has 0 atom stereocenters. The summed E-state index contributed by atoms with van der Waals surface area (Å²) in [5.41, 5.74) is 2.41. The van der Waals surface area contributed by atoms with E-state index in [-0.39, 0.29) is 17.3 Å². The van der Waals surface area contributed by atoms with E-state index in [1.807, 2.05) is 0 Å². The predicted octanol–water partition coefficient (Wildman–Crippen LogP) is 5.27. The number of methoxy groups -OCH3 is 1. The van der Waals surface area contributed by atoms with Crippen LogP contribution < -0.4 is 9.47 Å². The zero-order chi connectivity index (χ0) is 22.8. The summed E-state index contributed by atoms with van der Waals surface area (Å²) in [6.45, 7) is 1.74. The first-order chi connectivity index (χ1) is 15.4. The van der Waals surface area contributed by atoms with Gasteiger partial charge in [0.15, 0.2) is 5.76 Å². The van der Waals surface area contributed by atoms with Crippen LogP contribution in [-0.4, -0.2) is 24.8 Å². The number of rotatable bonds is 4. The Bertz CT molecular complexity index is 1270. The molecule has 0 saturated carbocycles. The van der Waals surface area contributed by atoms with E-state index < -0.39 is 11.9 Å². The quantitative estimate of drug-likeness (QED) is 0.307. The number of fused-ring (bicyclic) bond motifs is 1. The summed E-state index contributed by atoms with van der Waals surface area (Å²) in [5, 5.41) is 0.424. The van der Waals surface area contributed by atoms with Crippen molar-refractivity contribution in [1.82, 2.24) is 0 Å². The number of carbonyl (C=O) groups excluding carboxylic acids is 3. The maximum absolute atomic E-state index is 12.8. The molecule has 3 aromatic carbocycles. The SMILES string of the molecule is COC(=O)c1ccc(/C=C2\Oc3cc(OC(=O)c4cccc(Cl)c4)cc(C)c3C2=O)cc1. The molecule has 0 radical (unpaired) electrons. The smallest absolute Gasteiger partial charge is 0.343 e. The van der Waals surface area contributed by atoms with Crippen LogP contribution in [0.4, 0.5) is 0 Å². The molecule has 32 heavy (non-hydrogen) atoms. The van der Waals surface area contributed by atoms with E-state index in [1.165, 1.54) is 19.2 Å². The molecule has 0 fully saturated rings. The van der Waals surface area contributed by atoms with Gasteiger partial charge in [-0.2, -0.15) is 0 Å². The minimum atomic E-state index is -0.572. The monoisotopic (exact) mass is 448 g/mol. The highest BCUT2D eigenvalue weighted by atomic mass is 35.5. The molecule has 7 heteroatoms. The van der Waals surface area contributed by atoms with E-state index in [1.54, 1.807) is 61.5 Å². The summed E-state index contributed by atoms with van der Waals surface area (Å²) in [6, 6.07) is 16.1. The Kier molecular flexibility index (Phi) is 5.79. The van der Waals surface area contributed by atoms with Crippen LogP contribution in [0.3, 0.4) is 0 Å². The van der Waals surface area contributed by atoms with Gasteiger partial charge in [-0.15, -0.1) is 0 Å². The fourth-order valence-electron chi connectivity index (χ4n) is 3.30. The average molecular weight is 449 g/mol. The molecule has 3 aromatic rings. The van der Waals surface area contributed by atoms with Gasteiger partial charge in [-0.05, 0) is 60.5 Å². The highest BCUT2D eigenvalue weighted by molar-refractivity contribution is 6.30. The molecule has 1 heterocycles. The van der Waals surface area contributed by atoms with Crippen molar-refractivity contribution in [2.24, 2.45) is 0 Å². The second-order valence-electron chi connectivity index (χ2n) is 7.07. The van der Waals surface area contributed by atoms with E-state index in [4.69, 9.17) is 21.1 Å². The fourth-order valence-corrected chi connectivity index (χ4v) is 3.49. The lowest BCUT2D eigenvalue weighted by atomic mass is 10.0. The molecule has 0 spiro atoms. The molecule has 0 aliphatic carbocycles. The predicted molar refractivity (Wildman–Crippen MR) is 118 cm³/mol. The largest absolute Gasteiger partial charge is 0.465 e. The number of hydrogen-bond acceptors (Lipinski definition) is 6. The number of Topliss-reactive ketones (excluding diaryl/α,β-unsaturated/α-hetero) is 1. The van der Waals surface area contributed by atoms with Crippen molar-refractivity contribution >= 4 is 35.4 Å². The Morgan fingerprint density at radius 1 is 0.969 bits per heavy atom. The van der Waals surface area contributed by atoms with Crippen molar-refractivity contribution < 1.29 is 28.6 Å². The first kappa shape index (κ1) is 21.3. The molecule has 1 aliphatic rings. The van der Waals surface area contributed by atoms with Crippen molar-refractivity contribution in [3.8, 4) is 11.5 Å². The Hall–Kier alpha value is -3.90. The summed E-state index contributed by atoms with van der Waals surface area (Å²) < 4.78 is 15.9. The van der Waals surface area contributed by atoms with Gasteiger partial charge >= 0.3 is 11.9 Å². The molecular weight excluding hydrogens is 432 g/mol. The number of allylic oxidation sites excluding steroid dienone is 1. The van der Waals surface area contributed by atoms with Crippen LogP contribution in [0.5, 0.6) is 11.5 Å². The average Bonchev–Trinajstić information content (AvgIpc) is 3.09. The molecule has 0 bridgehead atoms. The van der Waals surface area contributed by atoms with E-state index >= 15 is 0 Å². The van der Waals surface area contributed by atoms with E-state index in [0.29, 0.717) is 38.6 Å². The Morgan fingerprint density at radius 3 is 2.41 bits per heavy atom. The van der Waals surface area contributed by atoms with Crippen molar-refractivity contribution in [2.45, 2.75) is 6.92 Å².